The van der Waals surface area contributed by atoms with Crippen LogP contribution in [0.15, 0.2) is 18.2 Å². The molecule has 0 atom stereocenters. The highest BCUT2D eigenvalue weighted by molar-refractivity contribution is 5.92. The molecule has 0 bridgehead atoms. The minimum Gasteiger partial charge on any atom is -0.465 e. The number of esters is 1. The minimum absolute atomic E-state index is 0.274. The summed E-state index contributed by atoms with van der Waals surface area (Å²) in [4.78, 5) is 11.6. The Bertz CT molecular complexity index is 402. The van der Waals surface area contributed by atoms with Gasteiger partial charge >= 0.3 is 5.97 Å². The smallest absolute Gasteiger partial charge is 0.338 e. The molecule has 0 spiro atoms. The normalized spacial score (nSPS) is 10.3. The van der Waals surface area contributed by atoms with Crippen molar-refractivity contribution in [1.29, 1.82) is 0 Å². The molecular weight excluding hydrogens is 238 g/mol. The SMILES string of the molecule is CCCCCCCNc1cccc(C(=O)OC)c1C. The van der Waals surface area contributed by atoms with E-state index in [4.69, 9.17) is 4.74 Å². The van der Waals surface area contributed by atoms with Crippen LogP contribution in [0.5, 0.6) is 0 Å². The minimum atomic E-state index is -0.274. The Hall–Kier alpha value is -1.51. The monoisotopic (exact) mass is 263 g/mol. The van der Waals surface area contributed by atoms with E-state index in [1.54, 1.807) is 6.07 Å². The first-order chi connectivity index (χ1) is 9.20. The third-order valence-electron chi connectivity index (χ3n) is 3.33. The summed E-state index contributed by atoms with van der Waals surface area (Å²) in [5.41, 5.74) is 2.62. The summed E-state index contributed by atoms with van der Waals surface area (Å²) in [5, 5.41) is 3.40. The molecule has 1 rings (SSSR count). The van der Waals surface area contributed by atoms with Gasteiger partial charge in [0, 0.05) is 12.2 Å². The van der Waals surface area contributed by atoms with Crippen molar-refractivity contribution in [3.8, 4) is 0 Å². The molecule has 0 radical (unpaired) electrons. The van der Waals surface area contributed by atoms with Crippen molar-refractivity contribution in [2.45, 2.75) is 46.0 Å². The van der Waals surface area contributed by atoms with Crippen LogP contribution in [0.4, 0.5) is 5.69 Å². The molecule has 0 saturated carbocycles. The first kappa shape index (κ1) is 15.5. The average molecular weight is 263 g/mol. The first-order valence-electron chi connectivity index (χ1n) is 7.12. The molecule has 1 aromatic carbocycles. The van der Waals surface area contributed by atoms with Gasteiger partial charge in [-0.2, -0.15) is 0 Å². The lowest BCUT2D eigenvalue weighted by molar-refractivity contribution is 0.0600. The Balaban J connectivity index is 2.48. The van der Waals surface area contributed by atoms with Gasteiger partial charge < -0.3 is 10.1 Å². The summed E-state index contributed by atoms with van der Waals surface area (Å²) in [5.74, 6) is -0.274. The number of carbonyl (C=O) groups excluding carboxylic acids is 1. The standard InChI is InChI=1S/C16H25NO2/c1-4-5-6-7-8-12-17-15-11-9-10-14(13(15)2)16(18)19-3/h9-11,17H,4-8,12H2,1-3H3. The van der Waals surface area contributed by atoms with Crippen molar-refractivity contribution in [2.24, 2.45) is 0 Å². The second-order valence-electron chi connectivity index (χ2n) is 4.81. The van der Waals surface area contributed by atoms with Gasteiger partial charge in [0.15, 0.2) is 0 Å². The van der Waals surface area contributed by atoms with Crippen LogP contribution >= 0.6 is 0 Å². The van der Waals surface area contributed by atoms with E-state index in [0.717, 1.165) is 17.8 Å². The fraction of sp³-hybridized carbons (Fsp3) is 0.562. The quantitative estimate of drug-likeness (QED) is 0.565. The van der Waals surface area contributed by atoms with Crippen molar-refractivity contribution < 1.29 is 9.53 Å². The predicted octanol–water partition coefficient (Wildman–Crippen LogP) is 4.16. The number of benzene rings is 1. The van der Waals surface area contributed by atoms with Crippen molar-refractivity contribution in [1.82, 2.24) is 0 Å². The van der Waals surface area contributed by atoms with Crippen molar-refractivity contribution in [3.63, 3.8) is 0 Å². The van der Waals surface area contributed by atoms with Crippen LogP contribution in [0.1, 0.15) is 54.9 Å². The Morgan fingerprint density at radius 3 is 2.63 bits per heavy atom. The largest absolute Gasteiger partial charge is 0.465 e. The zero-order chi connectivity index (χ0) is 14.1. The second-order valence-corrected chi connectivity index (χ2v) is 4.81. The second kappa shape index (κ2) is 8.57. The average Bonchev–Trinajstić information content (AvgIpc) is 2.43. The highest BCUT2D eigenvalue weighted by Crippen LogP contribution is 2.19. The number of anilines is 1. The molecule has 0 amide bonds. The van der Waals surface area contributed by atoms with Crippen LogP contribution < -0.4 is 5.32 Å². The summed E-state index contributed by atoms with van der Waals surface area (Å²) < 4.78 is 4.78. The Labute approximate surface area is 116 Å². The molecule has 0 unspecified atom stereocenters. The number of hydrogen-bond donors (Lipinski definition) is 1. The summed E-state index contributed by atoms with van der Waals surface area (Å²) >= 11 is 0. The number of hydrogen-bond acceptors (Lipinski definition) is 3. The fourth-order valence-corrected chi connectivity index (χ4v) is 2.11. The molecule has 0 saturated heterocycles. The molecule has 1 N–H and O–H groups in total. The highest BCUT2D eigenvalue weighted by Gasteiger charge is 2.11. The summed E-state index contributed by atoms with van der Waals surface area (Å²) in [6.45, 7) is 5.13. The highest BCUT2D eigenvalue weighted by atomic mass is 16.5. The summed E-state index contributed by atoms with van der Waals surface area (Å²) in [7, 11) is 1.41. The number of methoxy groups -OCH3 is 1. The topological polar surface area (TPSA) is 38.3 Å². The van der Waals surface area contributed by atoms with Crippen LogP contribution in [0.3, 0.4) is 0 Å². The Morgan fingerprint density at radius 2 is 1.95 bits per heavy atom. The molecule has 0 aromatic heterocycles. The van der Waals surface area contributed by atoms with Gasteiger partial charge in [-0.05, 0) is 31.0 Å². The number of rotatable bonds is 8. The molecule has 0 aliphatic heterocycles. The predicted molar refractivity (Wildman–Crippen MR) is 79.8 cm³/mol. The van der Waals surface area contributed by atoms with E-state index in [1.165, 1.54) is 39.2 Å². The van der Waals surface area contributed by atoms with Crippen molar-refractivity contribution >= 4 is 11.7 Å². The van der Waals surface area contributed by atoms with Gasteiger partial charge in [0.2, 0.25) is 0 Å². The number of carbonyl (C=O) groups is 1. The number of unbranched alkanes of at least 4 members (excludes halogenated alkanes) is 4. The van der Waals surface area contributed by atoms with Crippen LogP contribution in [0, 0.1) is 6.92 Å². The van der Waals surface area contributed by atoms with Crippen molar-refractivity contribution in [3.05, 3.63) is 29.3 Å². The van der Waals surface area contributed by atoms with E-state index in [0.29, 0.717) is 5.56 Å². The van der Waals surface area contributed by atoms with Gasteiger partial charge in [0.1, 0.15) is 0 Å². The van der Waals surface area contributed by atoms with E-state index in [9.17, 15) is 4.79 Å². The molecule has 1 aromatic rings. The number of nitrogens with one attached hydrogen (secondary N) is 1. The molecular formula is C16H25NO2. The van der Waals surface area contributed by atoms with Crippen LogP contribution in [0.2, 0.25) is 0 Å². The number of ether oxygens (including phenoxy) is 1. The lowest BCUT2D eigenvalue weighted by atomic mass is 10.1. The molecule has 106 valence electrons. The zero-order valence-corrected chi connectivity index (χ0v) is 12.3. The maximum absolute atomic E-state index is 11.6. The van der Waals surface area contributed by atoms with E-state index in [2.05, 4.69) is 12.2 Å². The van der Waals surface area contributed by atoms with Gasteiger partial charge in [0.25, 0.3) is 0 Å². The van der Waals surface area contributed by atoms with E-state index in [-0.39, 0.29) is 5.97 Å². The summed E-state index contributed by atoms with van der Waals surface area (Å²) in [6.07, 6.45) is 6.32. The van der Waals surface area contributed by atoms with E-state index in [1.807, 2.05) is 19.1 Å². The molecule has 0 fully saturated rings. The maximum Gasteiger partial charge on any atom is 0.338 e. The first-order valence-corrected chi connectivity index (χ1v) is 7.12. The summed E-state index contributed by atoms with van der Waals surface area (Å²) in [6, 6.07) is 5.69. The van der Waals surface area contributed by atoms with Crippen LogP contribution in [-0.4, -0.2) is 19.6 Å². The van der Waals surface area contributed by atoms with Crippen LogP contribution in [0.25, 0.3) is 0 Å². The van der Waals surface area contributed by atoms with Gasteiger partial charge in [0.05, 0.1) is 12.7 Å². The van der Waals surface area contributed by atoms with E-state index < -0.39 is 0 Å². The Morgan fingerprint density at radius 1 is 1.21 bits per heavy atom. The third kappa shape index (κ3) is 4.93. The molecule has 0 heterocycles. The molecule has 0 aliphatic carbocycles. The Kier molecular flexibility index (Phi) is 7.01. The fourth-order valence-electron chi connectivity index (χ4n) is 2.11. The molecule has 0 aliphatic rings. The van der Waals surface area contributed by atoms with Gasteiger partial charge in [-0.1, -0.05) is 38.7 Å². The van der Waals surface area contributed by atoms with Crippen LogP contribution in [-0.2, 0) is 4.74 Å². The van der Waals surface area contributed by atoms with Gasteiger partial charge in [-0.3, -0.25) is 0 Å². The molecule has 3 nitrogen and oxygen atoms in total. The lowest BCUT2D eigenvalue weighted by Gasteiger charge is -2.12. The molecule has 19 heavy (non-hydrogen) atoms. The van der Waals surface area contributed by atoms with E-state index >= 15 is 0 Å². The van der Waals surface area contributed by atoms with Gasteiger partial charge in [-0.15, -0.1) is 0 Å². The van der Waals surface area contributed by atoms with Gasteiger partial charge in [-0.25, -0.2) is 4.79 Å². The molecule has 3 heteroatoms. The maximum atomic E-state index is 11.6. The zero-order valence-electron chi connectivity index (χ0n) is 12.3. The lowest BCUT2D eigenvalue weighted by Crippen LogP contribution is -2.08. The van der Waals surface area contributed by atoms with Crippen molar-refractivity contribution in [2.75, 3.05) is 19.0 Å². The third-order valence-corrected chi connectivity index (χ3v) is 3.33.